The van der Waals surface area contributed by atoms with Gasteiger partial charge < -0.3 is 4.74 Å². The number of hydrogen-bond donors (Lipinski definition) is 0. The molecule has 0 N–H and O–H groups in total. The number of carbonyl (C=O) groups excluding carboxylic acids is 1. The van der Waals surface area contributed by atoms with Gasteiger partial charge in [-0.05, 0) is 37.1 Å². The van der Waals surface area contributed by atoms with Crippen LogP contribution in [0.5, 0.6) is 0 Å². The lowest BCUT2D eigenvalue weighted by atomic mass is 10.1. The predicted molar refractivity (Wildman–Crippen MR) is 78.7 cm³/mol. The zero-order chi connectivity index (χ0) is 14.6. The maximum atomic E-state index is 11.2. The molecule has 0 radical (unpaired) electrons. The summed E-state index contributed by atoms with van der Waals surface area (Å²) in [6, 6.07) is 7.78. The van der Waals surface area contributed by atoms with E-state index in [0.717, 1.165) is 11.1 Å². The largest absolute Gasteiger partial charge is 0.463 e. The Morgan fingerprint density at radius 1 is 1.10 bits per heavy atom. The minimum atomic E-state index is -0.335. The van der Waals surface area contributed by atoms with Crippen molar-refractivity contribution in [3.05, 3.63) is 47.5 Å². The van der Waals surface area contributed by atoms with Gasteiger partial charge in [-0.15, -0.1) is 0 Å². The average molecular weight is 276 g/mol. The highest BCUT2D eigenvalue weighted by Crippen LogP contribution is 2.09. The van der Waals surface area contributed by atoms with Gasteiger partial charge in [0.1, 0.15) is 6.61 Å². The molecule has 0 atom stereocenters. The fourth-order valence-electron chi connectivity index (χ4n) is 1.48. The van der Waals surface area contributed by atoms with Crippen molar-refractivity contribution in [2.24, 2.45) is 0 Å². The number of esters is 1. The van der Waals surface area contributed by atoms with Crippen molar-refractivity contribution in [3.8, 4) is 0 Å². The third kappa shape index (κ3) is 6.87. The molecule has 108 valence electrons. The predicted octanol–water partition coefficient (Wildman–Crippen LogP) is 3.24. The molecule has 0 fully saturated rings. The molecule has 1 rings (SSSR count). The summed E-state index contributed by atoms with van der Waals surface area (Å²) in [4.78, 5) is 20.9. The molecule has 0 aliphatic carbocycles. The van der Waals surface area contributed by atoms with Gasteiger partial charge in [0.25, 0.3) is 0 Å². The highest BCUT2D eigenvalue weighted by atomic mass is 17.2. The van der Waals surface area contributed by atoms with Crippen molar-refractivity contribution in [2.45, 2.75) is 13.8 Å². The highest BCUT2D eigenvalue weighted by Gasteiger charge is 1.94. The summed E-state index contributed by atoms with van der Waals surface area (Å²) in [5.74, 6) is -0.335. The molecule has 1 aromatic carbocycles. The van der Waals surface area contributed by atoms with Gasteiger partial charge in [0.05, 0.1) is 13.2 Å². The first-order valence-corrected chi connectivity index (χ1v) is 6.62. The van der Waals surface area contributed by atoms with Gasteiger partial charge in [-0.2, -0.15) is 0 Å². The molecule has 0 aliphatic heterocycles. The maximum Gasteiger partial charge on any atom is 0.330 e. The van der Waals surface area contributed by atoms with E-state index >= 15 is 0 Å². The number of rotatable bonds is 8. The second kappa shape index (κ2) is 9.95. The van der Waals surface area contributed by atoms with E-state index in [4.69, 9.17) is 14.5 Å². The van der Waals surface area contributed by atoms with Crippen LogP contribution < -0.4 is 0 Å². The van der Waals surface area contributed by atoms with Gasteiger partial charge in [-0.1, -0.05) is 30.4 Å². The van der Waals surface area contributed by atoms with Gasteiger partial charge in [0.2, 0.25) is 0 Å². The fourth-order valence-corrected chi connectivity index (χ4v) is 1.48. The second-order valence-electron chi connectivity index (χ2n) is 3.85. The van der Waals surface area contributed by atoms with Crippen LogP contribution in [0.3, 0.4) is 0 Å². The molecule has 0 bridgehead atoms. The van der Waals surface area contributed by atoms with Crippen LogP contribution in [0.4, 0.5) is 0 Å². The minimum Gasteiger partial charge on any atom is -0.463 e. The molecular weight excluding hydrogens is 256 g/mol. The molecule has 0 spiro atoms. The molecular formula is C16H20O4. The summed E-state index contributed by atoms with van der Waals surface area (Å²) in [6.07, 6.45) is 6.95. The van der Waals surface area contributed by atoms with Crippen LogP contribution >= 0.6 is 0 Å². The normalized spacial score (nSPS) is 11.3. The average Bonchev–Trinajstić information content (AvgIpc) is 2.46. The number of carbonyl (C=O) groups is 1. The zero-order valence-electron chi connectivity index (χ0n) is 11.9. The van der Waals surface area contributed by atoms with Crippen molar-refractivity contribution in [1.82, 2.24) is 0 Å². The quantitative estimate of drug-likeness (QED) is 0.240. The van der Waals surface area contributed by atoms with Crippen LogP contribution in [-0.4, -0.2) is 25.8 Å². The maximum absolute atomic E-state index is 11.2. The summed E-state index contributed by atoms with van der Waals surface area (Å²) in [6.45, 7) is 4.95. The van der Waals surface area contributed by atoms with Crippen LogP contribution in [0.15, 0.2) is 36.4 Å². The van der Waals surface area contributed by atoms with E-state index in [0.29, 0.717) is 19.8 Å². The van der Waals surface area contributed by atoms with Crippen LogP contribution in [0.1, 0.15) is 25.0 Å². The van der Waals surface area contributed by atoms with Crippen molar-refractivity contribution in [2.75, 3.05) is 19.8 Å². The highest BCUT2D eigenvalue weighted by molar-refractivity contribution is 5.87. The standard InChI is InChI=1S/C16H20O4/c1-3-18-16(17)11-10-15-8-5-7-14(13-15)9-6-12-20-19-4-2/h5-11,13H,3-4,12H2,1-2H3/b9-6+,11-10+. The summed E-state index contributed by atoms with van der Waals surface area (Å²) >= 11 is 0. The number of hydrogen-bond acceptors (Lipinski definition) is 4. The lowest BCUT2D eigenvalue weighted by molar-refractivity contribution is -0.282. The molecule has 0 heterocycles. The van der Waals surface area contributed by atoms with Gasteiger partial charge in [-0.3, -0.25) is 0 Å². The monoisotopic (exact) mass is 276 g/mol. The topological polar surface area (TPSA) is 44.8 Å². The van der Waals surface area contributed by atoms with E-state index in [1.807, 2.05) is 43.3 Å². The Morgan fingerprint density at radius 2 is 1.85 bits per heavy atom. The third-order valence-corrected chi connectivity index (χ3v) is 2.28. The van der Waals surface area contributed by atoms with E-state index in [1.54, 1.807) is 13.0 Å². The van der Waals surface area contributed by atoms with Crippen molar-refractivity contribution in [1.29, 1.82) is 0 Å². The second-order valence-corrected chi connectivity index (χ2v) is 3.85. The van der Waals surface area contributed by atoms with E-state index in [2.05, 4.69) is 0 Å². The molecule has 0 saturated heterocycles. The Labute approximate surface area is 119 Å². The molecule has 0 amide bonds. The van der Waals surface area contributed by atoms with Gasteiger partial charge in [-0.25, -0.2) is 14.6 Å². The number of benzene rings is 1. The van der Waals surface area contributed by atoms with E-state index < -0.39 is 0 Å². The Hall–Kier alpha value is -1.91. The van der Waals surface area contributed by atoms with Crippen molar-refractivity contribution >= 4 is 18.1 Å². The fraction of sp³-hybridized carbons (Fsp3) is 0.312. The van der Waals surface area contributed by atoms with Crippen LogP contribution in [-0.2, 0) is 19.3 Å². The molecule has 0 aliphatic rings. The van der Waals surface area contributed by atoms with Crippen molar-refractivity contribution in [3.63, 3.8) is 0 Å². The smallest absolute Gasteiger partial charge is 0.330 e. The van der Waals surface area contributed by atoms with Gasteiger partial charge >= 0.3 is 5.97 Å². The number of ether oxygens (including phenoxy) is 1. The van der Waals surface area contributed by atoms with E-state index in [9.17, 15) is 4.79 Å². The summed E-state index contributed by atoms with van der Waals surface area (Å²) < 4.78 is 4.83. The lowest BCUT2D eigenvalue weighted by Crippen LogP contribution is -1.98. The SMILES string of the molecule is CCOOC/C=C/c1cccc(/C=C/C(=O)OCC)c1. The molecule has 0 unspecified atom stereocenters. The van der Waals surface area contributed by atoms with E-state index in [1.165, 1.54) is 6.08 Å². The van der Waals surface area contributed by atoms with Crippen molar-refractivity contribution < 1.29 is 19.3 Å². The van der Waals surface area contributed by atoms with E-state index in [-0.39, 0.29) is 5.97 Å². The van der Waals surface area contributed by atoms with Crippen LogP contribution in [0, 0.1) is 0 Å². The minimum absolute atomic E-state index is 0.335. The molecule has 1 aromatic rings. The van der Waals surface area contributed by atoms with Gasteiger partial charge in [0.15, 0.2) is 0 Å². The Bertz CT molecular complexity index is 463. The first-order chi connectivity index (χ1) is 9.76. The molecule has 0 saturated carbocycles. The molecule has 4 nitrogen and oxygen atoms in total. The summed E-state index contributed by atoms with van der Waals surface area (Å²) in [7, 11) is 0. The summed E-state index contributed by atoms with van der Waals surface area (Å²) in [5, 5.41) is 0. The first-order valence-electron chi connectivity index (χ1n) is 6.62. The Morgan fingerprint density at radius 3 is 2.55 bits per heavy atom. The molecule has 0 aromatic heterocycles. The lowest BCUT2D eigenvalue weighted by Gasteiger charge is -1.99. The molecule has 20 heavy (non-hydrogen) atoms. The van der Waals surface area contributed by atoms with Gasteiger partial charge in [0, 0.05) is 6.08 Å². The zero-order valence-corrected chi connectivity index (χ0v) is 11.9. The third-order valence-electron chi connectivity index (χ3n) is 2.28. The van der Waals surface area contributed by atoms with Crippen LogP contribution in [0.25, 0.3) is 12.2 Å². The first kappa shape index (κ1) is 16.1. The summed E-state index contributed by atoms with van der Waals surface area (Å²) in [5.41, 5.74) is 1.96. The molecule has 4 heteroatoms. The van der Waals surface area contributed by atoms with Crippen LogP contribution in [0.2, 0.25) is 0 Å². The Balaban J connectivity index is 2.55. The Kier molecular flexibility index (Phi) is 8.03.